The molecule has 52 valence electrons. The summed E-state index contributed by atoms with van der Waals surface area (Å²) in [6.45, 7) is -3.52. The Bertz CT molecular complexity index is 281. The first-order valence-electron chi connectivity index (χ1n) is 5.61. The average Bonchev–Trinajstić information content (AvgIpc) is 1.98. The molecule has 1 rings (SSSR count). The smallest absolute Gasteiger partial charge is 0.143 e. The number of hydrogen-bond acceptors (Lipinski definition) is 2. The van der Waals surface area contributed by atoms with Crippen LogP contribution in [-0.4, -0.2) is 18.9 Å². The van der Waals surface area contributed by atoms with Crippen molar-refractivity contribution in [3.05, 3.63) is 0 Å². The molecule has 2 nitrogen and oxygen atoms in total. The molecule has 1 aliphatic rings. The fourth-order valence-corrected chi connectivity index (χ4v) is 0.553. The first-order chi connectivity index (χ1) is 6.36. The molecule has 1 fully saturated rings. The van der Waals surface area contributed by atoms with Crippen molar-refractivity contribution in [1.82, 2.24) is 0 Å². The number of Topliss-reactive ketones (excluding diaryl/α,β-unsaturated/α-hetero) is 1. The van der Waals surface area contributed by atoms with E-state index in [2.05, 4.69) is 4.74 Å². The molecule has 9 heavy (non-hydrogen) atoms. The summed E-state index contributed by atoms with van der Waals surface area (Å²) < 4.78 is 48.7. The molecule has 0 aliphatic carbocycles. The Morgan fingerprint density at radius 3 is 2.56 bits per heavy atom. The molecular weight excluding hydrogens is 116 g/mol. The summed E-state index contributed by atoms with van der Waals surface area (Å²) in [6, 6.07) is 0. The van der Waals surface area contributed by atoms with Crippen LogP contribution in [0.5, 0.6) is 0 Å². The Hall–Kier alpha value is -0.370. The van der Waals surface area contributed by atoms with Gasteiger partial charge in [-0.15, -0.1) is 0 Å². The molecular formula is C7H12O2. The zero-order chi connectivity index (χ0) is 12.3. The third-order valence-corrected chi connectivity index (χ3v) is 1.09. The zero-order valence-electron chi connectivity index (χ0n) is 11.3. The highest BCUT2D eigenvalue weighted by atomic mass is 16.5. The number of carbonyl (C=O) groups excluding carboxylic acids is 1. The maximum atomic E-state index is 11.7. The third-order valence-electron chi connectivity index (χ3n) is 1.09. The lowest BCUT2D eigenvalue weighted by atomic mass is 9.95. The molecule has 2 atom stereocenters. The average molecular weight is 134 g/mol. The molecule has 0 bridgehead atoms. The van der Waals surface area contributed by atoms with Crippen molar-refractivity contribution < 1.29 is 17.8 Å². The van der Waals surface area contributed by atoms with E-state index in [4.69, 9.17) is 8.22 Å². The van der Waals surface area contributed by atoms with Gasteiger partial charge in [-0.05, 0) is 0 Å². The molecule has 1 heterocycles. The lowest BCUT2D eigenvalue weighted by Crippen LogP contribution is -2.32. The van der Waals surface area contributed by atoms with Gasteiger partial charge in [0.15, 0.2) is 0 Å². The van der Waals surface area contributed by atoms with Gasteiger partial charge in [0.05, 0.1) is 18.6 Å². The minimum atomic E-state index is -2.74. The van der Waals surface area contributed by atoms with Crippen molar-refractivity contribution in [2.24, 2.45) is 11.8 Å². The van der Waals surface area contributed by atoms with Gasteiger partial charge in [-0.3, -0.25) is 4.79 Å². The van der Waals surface area contributed by atoms with Crippen molar-refractivity contribution in [2.75, 3.05) is 13.1 Å². The van der Waals surface area contributed by atoms with E-state index in [1.165, 1.54) is 0 Å². The van der Waals surface area contributed by atoms with Gasteiger partial charge in [-0.25, -0.2) is 0 Å². The molecule has 0 spiro atoms. The van der Waals surface area contributed by atoms with E-state index >= 15 is 0 Å². The van der Waals surface area contributed by atoms with Gasteiger partial charge >= 0.3 is 0 Å². The van der Waals surface area contributed by atoms with Crippen LogP contribution in [0.25, 0.3) is 0 Å². The van der Waals surface area contributed by atoms with Gasteiger partial charge in [0.25, 0.3) is 0 Å². The quantitative estimate of drug-likeness (QED) is 0.491. The van der Waals surface area contributed by atoms with E-state index in [0.29, 0.717) is 0 Å². The van der Waals surface area contributed by atoms with Crippen molar-refractivity contribution in [1.29, 1.82) is 0 Å². The second-order valence-electron chi connectivity index (χ2n) is 1.89. The van der Waals surface area contributed by atoms with Crippen molar-refractivity contribution in [3.63, 3.8) is 0 Å². The fourth-order valence-electron chi connectivity index (χ4n) is 0.553. The van der Waals surface area contributed by atoms with E-state index < -0.39 is 30.7 Å². The van der Waals surface area contributed by atoms with Crippen LogP contribution in [0.15, 0.2) is 0 Å². The molecule has 2 heteroatoms. The van der Waals surface area contributed by atoms with Crippen LogP contribution in [0, 0.1) is 11.8 Å². The highest BCUT2D eigenvalue weighted by molar-refractivity contribution is 5.83. The topological polar surface area (TPSA) is 26.3 Å². The van der Waals surface area contributed by atoms with Gasteiger partial charge in [-0.2, -0.15) is 0 Å². The van der Waals surface area contributed by atoms with Crippen LogP contribution < -0.4 is 0 Å². The molecule has 1 aliphatic heterocycles. The maximum absolute atomic E-state index is 11.7. The molecule has 2 unspecified atom stereocenters. The Balaban J connectivity index is 3.31. The van der Waals surface area contributed by atoms with Crippen LogP contribution >= 0.6 is 0 Å². The van der Waals surface area contributed by atoms with Crippen LogP contribution in [0.3, 0.4) is 0 Å². The van der Waals surface area contributed by atoms with E-state index in [9.17, 15) is 4.79 Å². The maximum Gasteiger partial charge on any atom is 0.143 e. The van der Waals surface area contributed by atoms with Gasteiger partial charge in [0.1, 0.15) is 5.78 Å². The van der Waals surface area contributed by atoms with Crippen molar-refractivity contribution in [2.45, 2.75) is 13.8 Å². The predicted octanol–water partition coefficient (Wildman–Crippen LogP) is 0.858. The summed E-state index contributed by atoms with van der Waals surface area (Å²) in [5, 5.41) is 0. The molecule has 0 saturated carbocycles. The minimum absolute atomic E-state index is 0.983. The van der Waals surface area contributed by atoms with Gasteiger partial charge < -0.3 is 4.74 Å². The summed E-state index contributed by atoms with van der Waals surface area (Å²) in [6.07, 6.45) is 0. The number of hydrogen-bond donors (Lipinski definition) is 0. The lowest BCUT2D eigenvalue weighted by Gasteiger charge is -2.22. The van der Waals surface area contributed by atoms with Gasteiger partial charge in [0, 0.05) is 14.5 Å². The van der Waals surface area contributed by atoms with Crippen LogP contribution in [0.4, 0.5) is 0 Å². The Morgan fingerprint density at radius 2 is 2.11 bits per heavy atom. The molecule has 0 amide bonds. The van der Waals surface area contributed by atoms with E-state index in [1.807, 2.05) is 0 Å². The van der Waals surface area contributed by atoms with Crippen molar-refractivity contribution in [3.8, 4) is 0 Å². The highest BCUT2D eigenvalue weighted by Gasteiger charge is 2.24. The molecule has 0 radical (unpaired) electrons. The standard InChI is InChI=1S/C7H12O2/c1-5-3-9-4-6(2)7(5)8/h5-6H,3-4H2,1-2H3/i3D2,4D2,5D,6D. The second-order valence-corrected chi connectivity index (χ2v) is 1.89. The highest BCUT2D eigenvalue weighted by Crippen LogP contribution is 2.13. The van der Waals surface area contributed by atoms with Crippen LogP contribution in [0.2, 0.25) is 0 Å². The molecule has 0 N–H and O–H groups in total. The fraction of sp³-hybridized carbons (Fsp3) is 0.857. The van der Waals surface area contributed by atoms with Gasteiger partial charge in [-0.1, -0.05) is 13.8 Å². The van der Waals surface area contributed by atoms with E-state index in [-0.39, 0.29) is 0 Å². The van der Waals surface area contributed by atoms with Crippen LogP contribution in [0.1, 0.15) is 22.1 Å². The molecule has 0 aromatic heterocycles. The molecule has 0 aromatic rings. The summed E-state index contributed by atoms with van der Waals surface area (Å²) >= 11 is 0. The molecule has 0 aromatic carbocycles. The largest absolute Gasteiger partial charge is 0.380 e. The Labute approximate surface area is 63.6 Å². The monoisotopic (exact) mass is 134 g/mol. The van der Waals surface area contributed by atoms with Crippen LogP contribution in [-0.2, 0) is 9.53 Å². The van der Waals surface area contributed by atoms with E-state index in [1.54, 1.807) is 0 Å². The summed E-state index contributed by atoms with van der Waals surface area (Å²) in [4.78, 5) is 11.7. The first kappa shape index (κ1) is 2.35. The van der Waals surface area contributed by atoms with Gasteiger partial charge in [0.2, 0.25) is 0 Å². The zero-order valence-corrected chi connectivity index (χ0v) is 5.32. The SMILES string of the molecule is [2H]C1([2H])OC([2H])([2H])C([2H])(C)C(=O)C1([2H])C. The normalized spacial score (nSPS) is 74.2. The number of ketones is 1. The molecule has 1 saturated heterocycles. The summed E-state index contributed by atoms with van der Waals surface area (Å²) in [7, 11) is 0. The second kappa shape index (κ2) is 2.48. The predicted molar refractivity (Wildman–Crippen MR) is 34.2 cm³/mol. The Morgan fingerprint density at radius 1 is 1.67 bits per heavy atom. The van der Waals surface area contributed by atoms with E-state index in [0.717, 1.165) is 13.8 Å². The summed E-state index contributed by atoms with van der Waals surface area (Å²) in [5.41, 5.74) is 0. The number of ether oxygens (including phenoxy) is 1. The number of carbonyl (C=O) groups is 1. The Kier molecular flexibility index (Phi) is 0.647. The summed E-state index contributed by atoms with van der Waals surface area (Å²) in [5.74, 6) is -5.69. The first-order valence-corrected chi connectivity index (χ1v) is 2.61. The lowest BCUT2D eigenvalue weighted by molar-refractivity contribution is -0.135. The third kappa shape index (κ3) is 1.30. The number of rotatable bonds is 0. The minimum Gasteiger partial charge on any atom is -0.380 e. The van der Waals surface area contributed by atoms with Crippen molar-refractivity contribution >= 4 is 5.78 Å².